The van der Waals surface area contributed by atoms with E-state index in [0.29, 0.717) is 36.0 Å². The van der Waals surface area contributed by atoms with Crippen LogP contribution >= 0.6 is 0 Å². The Hall–Kier alpha value is -3.68. The third kappa shape index (κ3) is 4.32. The molecule has 154 valence electrons. The van der Waals surface area contributed by atoms with Gasteiger partial charge >= 0.3 is 5.97 Å². The topological polar surface area (TPSA) is 106 Å². The largest absolute Gasteiger partial charge is 0.484 e. The number of benzene rings is 2. The van der Waals surface area contributed by atoms with Crippen LogP contribution in [0.15, 0.2) is 59.1 Å². The van der Waals surface area contributed by atoms with E-state index in [-0.39, 0.29) is 24.1 Å². The molecule has 0 aliphatic carbocycles. The lowest BCUT2D eigenvalue weighted by molar-refractivity contribution is -0.138. The molecule has 0 bridgehead atoms. The van der Waals surface area contributed by atoms with E-state index in [1.807, 2.05) is 18.2 Å². The lowest BCUT2D eigenvalue weighted by atomic mass is 10.0. The number of likely N-dealkylation sites (tertiary alicyclic amines) is 1. The number of aromatic nitrogens is 2. The molecule has 1 atom stereocenters. The molecule has 1 saturated heterocycles. The van der Waals surface area contributed by atoms with E-state index in [0.717, 1.165) is 12.8 Å². The number of hydrogen-bond donors (Lipinski definition) is 1. The van der Waals surface area contributed by atoms with E-state index in [4.69, 9.17) is 9.26 Å². The first-order valence-corrected chi connectivity index (χ1v) is 9.76. The minimum Gasteiger partial charge on any atom is -0.484 e. The summed E-state index contributed by atoms with van der Waals surface area (Å²) in [6.07, 6.45) is 2.56. The first kappa shape index (κ1) is 19.6. The third-order valence-electron chi connectivity index (χ3n) is 5.02. The van der Waals surface area contributed by atoms with Crippen molar-refractivity contribution < 1.29 is 24.0 Å². The lowest BCUT2D eigenvalue weighted by Crippen LogP contribution is -2.41. The highest BCUT2D eigenvalue weighted by atomic mass is 16.5. The summed E-state index contributed by atoms with van der Waals surface area (Å²) in [7, 11) is 0. The monoisotopic (exact) mass is 407 g/mol. The molecule has 1 aliphatic heterocycles. The Morgan fingerprint density at radius 2 is 1.97 bits per heavy atom. The summed E-state index contributed by atoms with van der Waals surface area (Å²) in [5, 5.41) is 13.2. The number of carboxylic acids is 1. The van der Waals surface area contributed by atoms with Crippen molar-refractivity contribution in [2.45, 2.75) is 25.3 Å². The second kappa shape index (κ2) is 8.77. The maximum atomic E-state index is 12.8. The number of carbonyl (C=O) groups is 2. The molecular weight excluding hydrogens is 386 g/mol. The van der Waals surface area contributed by atoms with E-state index < -0.39 is 5.97 Å². The molecule has 0 radical (unpaired) electrons. The van der Waals surface area contributed by atoms with Gasteiger partial charge in [-0.25, -0.2) is 4.79 Å². The molecule has 1 fully saturated rings. The zero-order valence-corrected chi connectivity index (χ0v) is 16.2. The molecule has 0 unspecified atom stereocenters. The summed E-state index contributed by atoms with van der Waals surface area (Å²) in [5.41, 5.74) is 0.692. The van der Waals surface area contributed by atoms with Gasteiger partial charge in [0.25, 0.3) is 5.91 Å². The molecule has 1 aliphatic rings. The highest BCUT2D eigenvalue weighted by Gasteiger charge is 2.32. The number of ether oxygens (including phenoxy) is 1. The fourth-order valence-corrected chi connectivity index (χ4v) is 3.51. The molecule has 2 aromatic carbocycles. The Morgan fingerprint density at radius 1 is 1.13 bits per heavy atom. The number of nitrogens with zero attached hydrogens (tertiary/aromatic N) is 3. The van der Waals surface area contributed by atoms with E-state index in [1.165, 1.54) is 12.1 Å². The second-order valence-corrected chi connectivity index (χ2v) is 7.04. The highest BCUT2D eigenvalue weighted by Crippen LogP contribution is 2.31. The van der Waals surface area contributed by atoms with Gasteiger partial charge in [0.1, 0.15) is 11.8 Å². The Morgan fingerprint density at radius 3 is 2.77 bits per heavy atom. The van der Waals surface area contributed by atoms with Crippen molar-refractivity contribution in [2.75, 3.05) is 13.2 Å². The Balaban J connectivity index is 1.50. The Kier molecular flexibility index (Phi) is 5.74. The average molecular weight is 407 g/mol. The highest BCUT2D eigenvalue weighted by molar-refractivity contribution is 5.89. The summed E-state index contributed by atoms with van der Waals surface area (Å²) in [6, 6.07) is 15.2. The van der Waals surface area contributed by atoms with E-state index in [1.54, 1.807) is 29.2 Å². The minimum absolute atomic E-state index is 0.0673. The zero-order valence-electron chi connectivity index (χ0n) is 16.2. The van der Waals surface area contributed by atoms with Gasteiger partial charge in [-0.15, -0.1) is 0 Å². The van der Waals surface area contributed by atoms with Gasteiger partial charge in [0.2, 0.25) is 11.7 Å². The predicted octanol–water partition coefficient (Wildman–Crippen LogP) is 3.57. The number of piperidine rings is 1. The number of rotatable bonds is 6. The molecular formula is C22H21N3O5. The summed E-state index contributed by atoms with van der Waals surface area (Å²) < 4.78 is 11.1. The van der Waals surface area contributed by atoms with Crippen molar-refractivity contribution in [2.24, 2.45) is 0 Å². The van der Waals surface area contributed by atoms with Crippen molar-refractivity contribution in [1.82, 2.24) is 15.0 Å². The van der Waals surface area contributed by atoms with Gasteiger partial charge in [-0.1, -0.05) is 35.5 Å². The van der Waals surface area contributed by atoms with Crippen LogP contribution in [-0.4, -0.2) is 45.2 Å². The number of hydrogen-bond acceptors (Lipinski definition) is 6. The van der Waals surface area contributed by atoms with Crippen LogP contribution in [0.5, 0.6) is 5.75 Å². The Labute approximate surface area is 173 Å². The smallest absolute Gasteiger partial charge is 0.335 e. The van der Waals surface area contributed by atoms with Crippen molar-refractivity contribution in [1.29, 1.82) is 0 Å². The van der Waals surface area contributed by atoms with Crippen LogP contribution in [0.4, 0.5) is 0 Å². The molecule has 8 nitrogen and oxygen atoms in total. The van der Waals surface area contributed by atoms with Gasteiger partial charge in [-0.3, -0.25) is 4.79 Å². The van der Waals surface area contributed by atoms with Gasteiger partial charge < -0.3 is 19.3 Å². The van der Waals surface area contributed by atoms with Crippen LogP contribution in [0.2, 0.25) is 0 Å². The predicted molar refractivity (Wildman–Crippen MR) is 107 cm³/mol. The van der Waals surface area contributed by atoms with E-state index in [2.05, 4.69) is 10.1 Å². The standard InChI is InChI=1S/C22H21N3O5/c26-19(14-29-17-9-2-1-3-10-17)25-12-5-4-11-18(25)21-23-20(24-30-21)15-7-6-8-16(13-15)22(27)28/h1-3,6-10,13,18H,4-5,11-12,14H2,(H,27,28)/t18-/m1/s1. The summed E-state index contributed by atoms with van der Waals surface area (Å²) in [6.45, 7) is 0.524. The van der Waals surface area contributed by atoms with Crippen LogP contribution in [0.25, 0.3) is 11.4 Å². The molecule has 1 amide bonds. The average Bonchev–Trinajstić information content (AvgIpc) is 3.28. The maximum Gasteiger partial charge on any atom is 0.335 e. The molecule has 1 aromatic heterocycles. The van der Waals surface area contributed by atoms with E-state index >= 15 is 0 Å². The first-order valence-electron chi connectivity index (χ1n) is 9.76. The minimum atomic E-state index is -1.02. The van der Waals surface area contributed by atoms with Crippen LogP contribution < -0.4 is 4.74 Å². The maximum absolute atomic E-state index is 12.8. The van der Waals surface area contributed by atoms with Crippen molar-refractivity contribution in [3.05, 3.63) is 66.1 Å². The summed E-state index contributed by atoms with van der Waals surface area (Å²) >= 11 is 0. The molecule has 30 heavy (non-hydrogen) atoms. The van der Waals surface area contributed by atoms with E-state index in [9.17, 15) is 14.7 Å². The SMILES string of the molecule is O=C(O)c1cccc(-c2noc([C@H]3CCCCN3C(=O)COc3ccccc3)n2)c1. The van der Waals surface area contributed by atoms with Crippen molar-refractivity contribution in [3.8, 4) is 17.1 Å². The van der Waals surface area contributed by atoms with Gasteiger partial charge in [-0.05, 0) is 43.5 Å². The normalized spacial score (nSPS) is 16.3. The lowest BCUT2D eigenvalue weighted by Gasteiger charge is -2.33. The first-order chi connectivity index (χ1) is 14.6. The molecule has 8 heteroatoms. The molecule has 1 N–H and O–H groups in total. The fourth-order valence-electron chi connectivity index (χ4n) is 3.51. The zero-order chi connectivity index (χ0) is 20.9. The number of carboxylic acid groups (broad SMARTS) is 1. The number of aromatic carboxylic acids is 1. The number of carbonyl (C=O) groups excluding carboxylic acids is 1. The third-order valence-corrected chi connectivity index (χ3v) is 5.02. The number of amides is 1. The van der Waals surface area contributed by atoms with Crippen LogP contribution in [-0.2, 0) is 4.79 Å². The summed E-state index contributed by atoms with van der Waals surface area (Å²) in [5.74, 6) is 0.113. The molecule has 0 saturated carbocycles. The van der Waals surface area contributed by atoms with Crippen LogP contribution in [0, 0.1) is 0 Å². The molecule has 0 spiro atoms. The molecule has 3 aromatic rings. The Bertz CT molecular complexity index is 1030. The van der Waals surface area contributed by atoms with Gasteiger partial charge in [0, 0.05) is 12.1 Å². The summed E-state index contributed by atoms with van der Waals surface area (Å²) in [4.78, 5) is 30.2. The van der Waals surface area contributed by atoms with Crippen molar-refractivity contribution >= 4 is 11.9 Å². The fraction of sp³-hybridized carbons (Fsp3) is 0.273. The van der Waals surface area contributed by atoms with Crippen LogP contribution in [0.3, 0.4) is 0 Å². The van der Waals surface area contributed by atoms with Gasteiger partial charge in [0.05, 0.1) is 5.56 Å². The van der Waals surface area contributed by atoms with Crippen LogP contribution in [0.1, 0.15) is 41.6 Å². The number of para-hydroxylation sites is 1. The second-order valence-electron chi connectivity index (χ2n) is 7.04. The van der Waals surface area contributed by atoms with Gasteiger partial charge in [0.15, 0.2) is 6.61 Å². The van der Waals surface area contributed by atoms with Crippen molar-refractivity contribution in [3.63, 3.8) is 0 Å². The molecule has 4 rings (SSSR count). The quantitative estimate of drug-likeness (QED) is 0.666. The molecule has 2 heterocycles. The van der Waals surface area contributed by atoms with Gasteiger partial charge in [-0.2, -0.15) is 4.98 Å².